The molecule has 2 amide bonds. The summed E-state index contributed by atoms with van der Waals surface area (Å²) in [6.07, 6.45) is 1.53. The fourth-order valence-corrected chi connectivity index (χ4v) is 5.20. The molecule has 1 saturated heterocycles. The maximum Gasteiger partial charge on any atom is 0.324 e. The van der Waals surface area contributed by atoms with Crippen molar-refractivity contribution < 1.29 is 19.0 Å². The van der Waals surface area contributed by atoms with Crippen LogP contribution in [0.5, 0.6) is 17.4 Å². The van der Waals surface area contributed by atoms with Crippen molar-refractivity contribution in [3.63, 3.8) is 0 Å². The molecular weight excluding hydrogens is 606 g/mol. The fourth-order valence-electron chi connectivity index (χ4n) is 5.06. The van der Waals surface area contributed by atoms with Gasteiger partial charge in [0.1, 0.15) is 23.9 Å². The van der Waals surface area contributed by atoms with Crippen molar-refractivity contribution >= 4 is 39.9 Å². The van der Waals surface area contributed by atoms with Gasteiger partial charge >= 0.3 is 6.03 Å². The van der Waals surface area contributed by atoms with Crippen LogP contribution in [0, 0.1) is 0 Å². The number of rotatable bonds is 9. The molecule has 46 heavy (non-hydrogen) atoms. The lowest BCUT2D eigenvalue weighted by molar-refractivity contribution is 0.0322. The Labute approximate surface area is 272 Å². The van der Waals surface area contributed by atoms with Crippen LogP contribution in [0.4, 0.5) is 16.3 Å². The number of hydrogen-bond donors (Lipinski definition) is 2. The summed E-state index contributed by atoms with van der Waals surface area (Å²) in [5.41, 5.74) is 2.01. The molecule has 0 unspecified atom stereocenters. The van der Waals surface area contributed by atoms with Gasteiger partial charge in [-0.05, 0) is 48.0 Å². The molecule has 11 nitrogen and oxygen atoms in total. The molecule has 3 aromatic carbocycles. The Kier molecular flexibility index (Phi) is 9.34. The number of carbonyl (C=O) groups is 1. The van der Waals surface area contributed by atoms with Crippen molar-refractivity contribution in [2.75, 3.05) is 50.1 Å². The van der Waals surface area contributed by atoms with E-state index in [0.717, 1.165) is 60.8 Å². The van der Waals surface area contributed by atoms with E-state index in [1.807, 2.05) is 54.6 Å². The summed E-state index contributed by atoms with van der Waals surface area (Å²) in [5.74, 6) is 2.19. The van der Waals surface area contributed by atoms with Gasteiger partial charge in [-0.1, -0.05) is 45.0 Å². The van der Waals surface area contributed by atoms with Gasteiger partial charge < -0.3 is 19.5 Å². The molecule has 0 atom stereocenters. The normalized spacial score (nSPS) is 13.8. The third-order valence-corrected chi connectivity index (χ3v) is 7.71. The molecule has 12 heteroatoms. The Bertz CT molecular complexity index is 1820. The highest BCUT2D eigenvalue weighted by molar-refractivity contribution is 6.28. The van der Waals surface area contributed by atoms with Gasteiger partial charge in [0.05, 0.1) is 30.3 Å². The second-order valence-electron chi connectivity index (χ2n) is 11.9. The Balaban J connectivity index is 1.18. The smallest absolute Gasteiger partial charge is 0.324 e. The number of benzene rings is 3. The predicted octanol–water partition coefficient (Wildman–Crippen LogP) is 6.91. The number of amides is 2. The first kappa shape index (κ1) is 31.3. The van der Waals surface area contributed by atoms with Crippen LogP contribution in [0.1, 0.15) is 26.5 Å². The van der Waals surface area contributed by atoms with Crippen molar-refractivity contribution in [3.05, 3.63) is 90.0 Å². The van der Waals surface area contributed by atoms with Gasteiger partial charge in [0.25, 0.3) is 0 Å². The first-order valence-electron chi connectivity index (χ1n) is 15.1. The number of urea groups is 1. The molecule has 0 spiro atoms. The zero-order valence-electron chi connectivity index (χ0n) is 26.0. The number of carbonyl (C=O) groups excluding carboxylic acids is 1. The van der Waals surface area contributed by atoms with E-state index in [4.69, 9.17) is 30.9 Å². The molecule has 1 aliphatic heterocycles. The molecule has 1 fully saturated rings. The summed E-state index contributed by atoms with van der Waals surface area (Å²) in [5, 5.41) is 12.5. The van der Waals surface area contributed by atoms with Crippen LogP contribution < -0.4 is 20.1 Å². The predicted molar refractivity (Wildman–Crippen MR) is 179 cm³/mol. The van der Waals surface area contributed by atoms with Gasteiger partial charge in [-0.25, -0.2) is 14.5 Å². The van der Waals surface area contributed by atoms with E-state index in [0.29, 0.717) is 29.7 Å². The fraction of sp³-hybridized carbons (Fsp3) is 0.294. The number of aromatic nitrogens is 4. The molecule has 0 bridgehead atoms. The minimum atomic E-state index is -0.411. The minimum absolute atomic E-state index is 0.0920. The van der Waals surface area contributed by atoms with Crippen LogP contribution in [0.2, 0.25) is 5.28 Å². The Hall–Kier alpha value is -4.71. The number of ether oxygens (including phenoxy) is 3. The second kappa shape index (κ2) is 13.7. The molecule has 1 aliphatic rings. The topological polar surface area (TPSA) is 116 Å². The number of fused-ring (bicyclic) bond motifs is 1. The summed E-state index contributed by atoms with van der Waals surface area (Å²) in [7, 11) is 0. The van der Waals surface area contributed by atoms with E-state index in [2.05, 4.69) is 46.3 Å². The highest BCUT2D eigenvalue weighted by Crippen LogP contribution is 2.34. The quantitative estimate of drug-likeness (QED) is 0.167. The molecule has 238 valence electrons. The number of anilines is 2. The third kappa shape index (κ3) is 7.56. The van der Waals surface area contributed by atoms with Crippen LogP contribution in [-0.2, 0) is 10.2 Å². The highest BCUT2D eigenvalue weighted by atomic mass is 35.5. The molecule has 6 rings (SSSR count). The summed E-state index contributed by atoms with van der Waals surface area (Å²) in [6, 6.07) is 22.0. The molecule has 0 aliphatic carbocycles. The van der Waals surface area contributed by atoms with Gasteiger partial charge in [0, 0.05) is 54.2 Å². The largest absolute Gasteiger partial charge is 0.492 e. The highest BCUT2D eigenvalue weighted by Gasteiger charge is 2.22. The van der Waals surface area contributed by atoms with E-state index >= 15 is 0 Å². The molecule has 2 aromatic heterocycles. The van der Waals surface area contributed by atoms with Gasteiger partial charge in [0.2, 0.25) is 11.2 Å². The zero-order chi connectivity index (χ0) is 32.1. The van der Waals surface area contributed by atoms with E-state index in [1.54, 1.807) is 22.9 Å². The Morgan fingerprint density at radius 3 is 2.48 bits per heavy atom. The molecule has 0 saturated carbocycles. The van der Waals surface area contributed by atoms with E-state index in [-0.39, 0.29) is 10.7 Å². The van der Waals surface area contributed by atoms with Gasteiger partial charge in [-0.3, -0.25) is 10.2 Å². The van der Waals surface area contributed by atoms with Crippen molar-refractivity contribution in [3.8, 4) is 23.1 Å². The first-order chi connectivity index (χ1) is 22.2. The SMILES string of the molecule is CC(C)(C)c1cc(NC(=O)Nc2ccc(Oc3ccnc(Cl)n3)c3ccccc23)n(-c2ccc(OCCN3CCOCC3)cc2)n1. The van der Waals surface area contributed by atoms with Crippen molar-refractivity contribution in [2.45, 2.75) is 26.2 Å². The maximum absolute atomic E-state index is 13.4. The van der Waals surface area contributed by atoms with Gasteiger partial charge in [-0.2, -0.15) is 10.1 Å². The molecular formula is C34H36ClN7O4. The second-order valence-corrected chi connectivity index (χ2v) is 12.2. The lowest BCUT2D eigenvalue weighted by atomic mass is 9.92. The van der Waals surface area contributed by atoms with Crippen molar-refractivity contribution in [1.29, 1.82) is 0 Å². The third-order valence-electron chi connectivity index (χ3n) is 7.53. The summed E-state index contributed by atoms with van der Waals surface area (Å²) < 4.78 is 19.1. The van der Waals surface area contributed by atoms with Crippen LogP contribution >= 0.6 is 11.6 Å². The van der Waals surface area contributed by atoms with E-state index < -0.39 is 6.03 Å². The van der Waals surface area contributed by atoms with Crippen molar-refractivity contribution in [2.24, 2.45) is 0 Å². The zero-order valence-corrected chi connectivity index (χ0v) is 26.8. The van der Waals surface area contributed by atoms with E-state index in [9.17, 15) is 4.79 Å². The van der Waals surface area contributed by atoms with E-state index in [1.165, 1.54) is 6.20 Å². The monoisotopic (exact) mass is 641 g/mol. The standard InChI is InChI=1S/C34H36ClN7O4/c1-34(2,3)29-22-30(42(40-29)23-8-10-24(11-9-23)45-21-18-41-16-19-44-20-17-41)38-33(43)37-27-12-13-28(26-7-5-4-6-25(26)27)46-31-14-15-36-32(35)39-31/h4-15,22H,16-21H2,1-3H3,(H2,37,38,43). The number of nitrogens with zero attached hydrogens (tertiary/aromatic N) is 5. The number of halogens is 1. The Morgan fingerprint density at radius 1 is 0.978 bits per heavy atom. The molecule has 2 N–H and O–H groups in total. The average Bonchev–Trinajstić information content (AvgIpc) is 3.47. The summed E-state index contributed by atoms with van der Waals surface area (Å²) in [6.45, 7) is 11.1. The van der Waals surface area contributed by atoms with Gasteiger partial charge in [-0.15, -0.1) is 0 Å². The molecule has 0 radical (unpaired) electrons. The first-order valence-corrected chi connectivity index (χ1v) is 15.5. The lowest BCUT2D eigenvalue weighted by Crippen LogP contribution is -2.38. The minimum Gasteiger partial charge on any atom is -0.492 e. The molecule has 5 aromatic rings. The maximum atomic E-state index is 13.4. The molecule has 3 heterocycles. The number of morpholine rings is 1. The van der Waals surface area contributed by atoms with Crippen LogP contribution in [0.25, 0.3) is 16.5 Å². The number of nitrogens with one attached hydrogen (secondary N) is 2. The lowest BCUT2D eigenvalue weighted by Gasteiger charge is -2.26. The van der Waals surface area contributed by atoms with Crippen LogP contribution in [0.15, 0.2) is 79.0 Å². The number of hydrogen-bond acceptors (Lipinski definition) is 8. The summed E-state index contributed by atoms with van der Waals surface area (Å²) in [4.78, 5) is 23.8. The summed E-state index contributed by atoms with van der Waals surface area (Å²) >= 11 is 5.93. The van der Waals surface area contributed by atoms with Gasteiger partial charge in [0.15, 0.2) is 0 Å². The Morgan fingerprint density at radius 2 is 1.74 bits per heavy atom. The van der Waals surface area contributed by atoms with Crippen LogP contribution in [0.3, 0.4) is 0 Å². The average molecular weight is 642 g/mol. The van der Waals surface area contributed by atoms with Crippen molar-refractivity contribution in [1.82, 2.24) is 24.6 Å². The van der Waals surface area contributed by atoms with Crippen LogP contribution in [-0.4, -0.2) is 70.1 Å².